The van der Waals surface area contributed by atoms with Gasteiger partial charge in [-0.15, -0.1) is 9.19 Å². The van der Waals surface area contributed by atoms with Crippen molar-refractivity contribution in [1.82, 2.24) is 28.3 Å². The molecular weight excluding hydrogens is 368 g/mol. The summed E-state index contributed by atoms with van der Waals surface area (Å²) in [7, 11) is 0.607. The molecule has 144 valence electrons. The van der Waals surface area contributed by atoms with E-state index in [1.54, 1.807) is 7.05 Å². The molecule has 10 heteroatoms. The lowest BCUT2D eigenvalue weighted by Crippen LogP contribution is -2.29. The van der Waals surface area contributed by atoms with E-state index in [2.05, 4.69) is 15.2 Å². The van der Waals surface area contributed by atoms with E-state index in [1.165, 1.54) is 18.8 Å². The second kappa shape index (κ2) is 6.24. The number of carbonyl (C=O) groups excluding carboxylic acids is 1. The summed E-state index contributed by atoms with van der Waals surface area (Å²) in [6, 6.07) is 0. The van der Waals surface area contributed by atoms with Crippen molar-refractivity contribution in [3.63, 3.8) is 0 Å². The minimum atomic E-state index is -3.84. The number of benzene rings is 1. The van der Waals surface area contributed by atoms with Crippen LogP contribution in [0.15, 0.2) is 6.33 Å². The summed E-state index contributed by atoms with van der Waals surface area (Å²) in [5, 5.41) is 9.14. The molecule has 9 nitrogen and oxygen atoms in total. The first-order valence-corrected chi connectivity index (χ1v) is 9.70. The Morgan fingerprint density at radius 2 is 1.59 bits per heavy atom. The molecule has 0 bridgehead atoms. The number of carbonyl (C=O) groups is 1. The van der Waals surface area contributed by atoms with Gasteiger partial charge in [-0.25, -0.2) is 4.98 Å². The molecule has 0 amide bonds. The summed E-state index contributed by atoms with van der Waals surface area (Å²) in [5.41, 5.74) is 5.30. The molecule has 0 atom stereocenters. The highest BCUT2D eigenvalue weighted by Crippen LogP contribution is 2.31. The van der Waals surface area contributed by atoms with Crippen LogP contribution in [0.5, 0.6) is 0 Å². The van der Waals surface area contributed by atoms with E-state index in [4.69, 9.17) is 0 Å². The summed E-state index contributed by atoms with van der Waals surface area (Å²) in [6.45, 7) is 7.96. The van der Waals surface area contributed by atoms with Crippen LogP contribution in [-0.2, 0) is 17.3 Å². The Labute approximate surface area is 157 Å². The molecule has 1 aromatic carbocycles. The maximum atomic E-state index is 13.1. The Bertz CT molecular complexity index is 1190. The highest BCUT2D eigenvalue weighted by atomic mass is 32.2. The Balaban J connectivity index is 2.21. The number of hydrogen-bond acceptors (Lipinski definition) is 6. The van der Waals surface area contributed by atoms with Crippen LogP contribution in [0.3, 0.4) is 0 Å². The van der Waals surface area contributed by atoms with Crippen molar-refractivity contribution in [2.75, 3.05) is 14.1 Å². The average Bonchev–Trinajstić information content (AvgIpc) is 3.22. The number of nitrogens with zero attached hydrogens (tertiary/aromatic N) is 6. The van der Waals surface area contributed by atoms with Gasteiger partial charge >= 0.3 is 10.2 Å². The molecule has 3 rings (SSSR count). The second-order valence-electron chi connectivity index (χ2n) is 6.76. The first kappa shape index (κ1) is 19.2. The molecule has 2 heterocycles. The van der Waals surface area contributed by atoms with Gasteiger partial charge in [0.1, 0.15) is 12.0 Å². The quantitative estimate of drug-likeness (QED) is 0.622. The molecule has 0 aliphatic rings. The zero-order valence-corrected chi connectivity index (χ0v) is 17.2. The first-order valence-electron chi connectivity index (χ1n) is 8.31. The lowest BCUT2D eigenvalue weighted by molar-refractivity contribution is 0.102. The van der Waals surface area contributed by atoms with Crippen molar-refractivity contribution in [2.24, 2.45) is 7.05 Å². The molecule has 0 saturated heterocycles. The molecule has 0 N–H and O–H groups in total. The number of hydrogen-bond donors (Lipinski definition) is 0. The van der Waals surface area contributed by atoms with Gasteiger partial charge in [0.15, 0.2) is 0 Å². The predicted molar refractivity (Wildman–Crippen MR) is 101 cm³/mol. The van der Waals surface area contributed by atoms with Crippen molar-refractivity contribution in [3.8, 4) is 0 Å². The lowest BCUT2D eigenvalue weighted by Gasteiger charge is -2.10. The minimum Gasteiger partial charge on any atom is -0.283 e. The van der Waals surface area contributed by atoms with Gasteiger partial charge in [-0.2, -0.15) is 17.8 Å². The molecule has 0 saturated carbocycles. The summed E-state index contributed by atoms with van der Waals surface area (Å²) < 4.78 is 27.5. The zero-order chi connectivity index (χ0) is 20.3. The van der Waals surface area contributed by atoms with Crippen LogP contribution in [0.25, 0.3) is 10.9 Å². The third-order valence-corrected chi connectivity index (χ3v) is 6.62. The van der Waals surface area contributed by atoms with E-state index >= 15 is 0 Å². The Kier molecular flexibility index (Phi) is 4.43. The number of ketones is 1. The molecule has 0 fully saturated rings. The molecule has 0 aliphatic carbocycles. The molecule has 3 aromatic rings. The van der Waals surface area contributed by atoms with Crippen LogP contribution in [0.4, 0.5) is 0 Å². The number of fused-ring (bicyclic) bond motifs is 1. The smallest absolute Gasteiger partial charge is 0.283 e. The predicted octanol–water partition coefficient (Wildman–Crippen LogP) is 1.28. The van der Waals surface area contributed by atoms with E-state index in [9.17, 15) is 13.2 Å². The van der Waals surface area contributed by atoms with Crippen molar-refractivity contribution in [2.45, 2.75) is 27.7 Å². The molecule has 0 aliphatic heterocycles. The molecule has 2 aromatic heterocycles. The van der Waals surface area contributed by atoms with Gasteiger partial charge in [0, 0.05) is 26.5 Å². The highest BCUT2D eigenvalue weighted by molar-refractivity contribution is 7.87. The van der Waals surface area contributed by atoms with Gasteiger partial charge < -0.3 is 0 Å². The summed E-state index contributed by atoms with van der Waals surface area (Å²) >= 11 is 0. The van der Waals surface area contributed by atoms with Crippen LogP contribution in [-0.4, -0.2) is 56.6 Å². The van der Waals surface area contributed by atoms with E-state index in [-0.39, 0.29) is 5.82 Å². The van der Waals surface area contributed by atoms with Gasteiger partial charge in [-0.1, -0.05) is 0 Å². The maximum absolute atomic E-state index is 13.1. The monoisotopic (exact) mass is 390 g/mol. The van der Waals surface area contributed by atoms with Crippen LogP contribution in [0, 0.1) is 27.7 Å². The largest absolute Gasteiger partial charge is 0.323 e. The highest BCUT2D eigenvalue weighted by Gasteiger charge is 2.27. The van der Waals surface area contributed by atoms with Crippen molar-refractivity contribution >= 4 is 26.9 Å². The van der Waals surface area contributed by atoms with E-state index in [0.717, 1.165) is 43.8 Å². The van der Waals surface area contributed by atoms with Crippen molar-refractivity contribution in [3.05, 3.63) is 40.1 Å². The summed E-state index contributed by atoms with van der Waals surface area (Å²) in [5.74, 6) is -0.668. The van der Waals surface area contributed by atoms with Crippen molar-refractivity contribution in [1.29, 1.82) is 0 Å². The molecule has 27 heavy (non-hydrogen) atoms. The van der Waals surface area contributed by atoms with Crippen molar-refractivity contribution < 1.29 is 13.2 Å². The van der Waals surface area contributed by atoms with Gasteiger partial charge in [0.05, 0.1) is 5.52 Å². The SMILES string of the molecule is Cc1c(C)c(C)c2c(C(=O)c3ncn(S(=O)(=O)N(C)C)n3)n(C)nc2c1C. The van der Waals surface area contributed by atoms with Crippen LogP contribution in [0.2, 0.25) is 0 Å². The Morgan fingerprint density at radius 3 is 2.19 bits per heavy atom. The van der Waals surface area contributed by atoms with E-state index < -0.39 is 16.0 Å². The topological polar surface area (TPSA) is 103 Å². The second-order valence-corrected chi connectivity index (χ2v) is 8.76. The lowest BCUT2D eigenvalue weighted by atomic mass is 9.93. The van der Waals surface area contributed by atoms with Gasteiger partial charge in [0.2, 0.25) is 5.82 Å². The minimum absolute atomic E-state index is 0.194. The molecule has 0 spiro atoms. The third kappa shape index (κ3) is 2.76. The number of aromatic nitrogens is 5. The van der Waals surface area contributed by atoms with Gasteiger partial charge in [0.25, 0.3) is 5.78 Å². The fraction of sp³-hybridized carbons (Fsp3) is 0.412. The molecular formula is C17H22N6O3S. The Hall–Kier alpha value is -2.59. The number of rotatable bonds is 4. The van der Waals surface area contributed by atoms with Crippen LogP contribution >= 0.6 is 0 Å². The van der Waals surface area contributed by atoms with Crippen LogP contribution < -0.4 is 0 Å². The standard InChI is InChI=1S/C17H22N6O3S/c1-9-10(2)12(4)14-13(11(9)3)15(22(7)19-14)16(24)17-18-8-23(20-17)27(25,26)21(5)6/h8H,1-7H3. The zero-order valence-electron chi connectivity index (χ0n) is 16.4. The van der Waals surface area contributed by atoms with Gasteiger partial charge in [-0.3, -0.25) is 9.48 Å². The molecule has 0 radical (unpaired) electrons. The molecule has 0 unspecified atom stereocenters. The normalized spacial score (nSPS) is 12.3. The van der Waals surface area contributed by atoms with Crippen LogP contribution in [0.1, 0.15) is 38.6 Å². The fourth-order valence-corrected chi connectivity index (χ4v) is 3.75. The third-order valence-electron chi connectivity index (χ3n) is 5.05. The van der Waals surface area contributed by atoms with Gasteiger partial charge in [-0.05, 0) is 49.9 Å². The maximum Gasteiger partial charge on any atom is 0.323 e. The van der Waals surface area contributed by atoms with E-state index in [1.807, 2.05) is 27.7 Å². The van der Waals surface area contributed by atoms with E-state index in [0.29, 0.717) is 9.78 Å². The first-order chi connectivity index (χ1) is 12.5. The fourth-order valence-electron chi connectivity index (χ4n) is 3.07. The summed E-state index contributed by atoms with van der Waals surface area (Å²) in [4.78, 5) is 17.0. The number of aryl methyl sites for hydroxylation is 3. The average molecular weight is 390 g/mol. The Morgan fingerprint density at radius 1 is 1.00 bits per heavy atom. The summed E-state index contributed by atoms with van der Waals surface area (Å²) in [6.07, 6.45) is 1.02.